The molecule has 0 saturated heterocycles. The molecule has 2 N–H and O–H groups in total. The van der Waals surface area contributed by atoms with Gasteiger partial charge < -0.3 is 14.8 Å². The van der Waals surface area contributed by atoms with E-state index in [0.29, 0.717) is 23.0 Å². The summed E-state index contributed by atoms with van der Waals surface area (Å²) < 4.78 is 1.71. The van der Waals surface area contributed by atoms with E-state index in [1.165, 1.54) is 22.3 Å². The third kappa shape index (κ3) is 4.21. The van der Waals surface area contributed by atoms with Gasteiger partial charge >= 0.3 is 6.09 Å². The van der Waals surface area contributed by atoms with Crippen LogP contribution in [0.5, 0.6) is 5.75 Å². The molecule has 1 amide bonds. The van der Waals surface area contributed by atoms with Gasteiger partial charge in [0, 0.05) is 39.0 Å². The minimum atomic E-state index is -1.04. The Balaban J connectivity index is 2.44. The average Bonchev–Trinajstić information content (AvgIpc) is 3.14. The molecule has 0 fully saturated rings. The zero-order valence-electron chi connectivity index (χ0n) is 18.0. The van der Waals surface area contributed by atoms with Gasteiger partial charge in [-0.3, -0.25) is 9.69 Å². The van der Waals surface area contributed by atoms with E-state index in [1.807, 2.05) is 52.1 Å². The molecule has 1 aromatic carbocycles. The van der Waals surface area contributed by atoms with Crippen molar-refractivity contribution in [3.05, 3.63) is 51.8 Å². The Hall–Kier alpha value is -2.80. The highest BCUT2D eigenvalue weighted by atomic mass is 32.1. The summed E-state index contributed by atoms with van der Waals surface area (Å²) in [5.41, 5.74) is 0.622. The largest absolute Gasteiger partial charge is 0.508 e. The van der Waals surface area contributed by atoms with Gasteiger partial charge in [-0.25, -0.2) is 4.79 Å². The summed E-state index contributed by atoms with van der Waals surface area (Å²) >= 11 is 1.52. The van der Waals surface area contributed by atoms with Gasteiger partial charge in [0.05, 0.1) is 6.54 Å². The highest BCUT2D eigenvalue weighted by Gasteiger charge is 2.30. The Labute approximate surface area is 180 Å². The SMILES string of the molecule is CC(C)Cn1c(CN(C(=O)O)C(C)(C)C)c(-c2cccs2)c2cc(O)ccc2c1=O. The van der Waals surface area contributed by atoms with Gasteiger partial charge in [-0.1, -0.05) is 19.9 Å². The molecule has 0 bridgehead atoms. The number of phenols is 1. The van der Waals surface area contributed by atoms with Gasteiger partial charge in [0.1, 0.15) is 5.75 Å². The standard InChI is InChI=1S/C23H28N2O4S/c1-14(2)12-24-18(13-25(22(28)29)23(3,4)5)20(19-7-6-10-30-19)17-11-15(26)8-9-16(17)21(24)27/h6-11,14,26H,12-13H2,1-5H3,(H,28,29). The molecule has 0 atom stereocenters. The molecule has 160 valence electrons. The van der Waals surface area contributed by atoms with E-state index in [0.717, 1.165) is 10.4 Å². The van der Waals surface area contributed by atoms with E-state index in [4.69, 9.17) is 0 Å². The molecule has 0 unspecified atom stereocenters. The zero-order chi connectivity index (χ0) is 22.2. The number of pyridine rings is 1. The van der Waals surface area contributed by atoms with Gasteiger partial charge in [0.25, 0.3) is 5.56 Å². The first-order valence-electron chi connectivity index (χ1n) is 9.93. The van der Waals surface area contributed by atoms with Crippen LogP contribution < -0.4 is 5.56 Å². The van der Waals surface area contributed by atoms with Gasteiger partial charge in [0.15, 0.2) is 0 Å². The maximum Gasteiger partial charge on any atom is 0.408 e. The molecular formula is C23H28N2O4S. The first-order chi connectivity index (χ1) is 14.0. The topological polar surface area (TPSA) is 82.8 Å². The summed E-state index contributed by atoms with van der Waals surface area (Å²) in [6, 6.07) is 8.63. The molecule has 30 heavy (non-hydrogen) atoms. The van der Waals surface area contributed by atoms with Gasteiger partial charge in [-0.2, -0.15) is 0 Å². The molecule has 0 aliphatic heterocycles. The van der Waals surface area contributed by atoms with Crippen LogP contribution >= 0.6 is 11.3 Å². The number of carboxylic acid groups (broad SMARTS) is 1. The van der Waals surface area contributed by atoms with Crippen molar-refractivity contribution in [1.82, 2.24) is 9.47 Å². The van der Waals surface area contributed by atoms with Crippen LogP contribution in [0.2, 0.25) is 0 Å². The molecule has 0 radical (unpaired) electrons. The van der Waals surface area contributed by atoms with Crippen molar-refractivity contribution in [2.45, 2.75) is 53.2 Å². The lowest BCUT2D eigenvalue weighted by Gasteiger charge is -2.34. The van der Waals surface area contributed by atoms with Crippen molar-refractivity contribution in [3.8, 4) is 16.2 Å². The Kier molecular flexibility index (Phi) is 5.94. The van der Waals surface area contributed by atoms with Crippen molar-refractivity contribution in [3.63, 3.8) is 0 Å². The van der Waals surface area contributed by atoms with E-state index in [-0.39, 0.29) is 23.8 Å². The number of benzene rings is 1. The molecule has 2 heterocycles. The first-order valence-corrected chi connectivity index (χ1v) is 10.8. The second kappa shape index (κ2) is 8.14. The number of carbonyl (C=O) groups is 1. The van der Waals surface area contributed by atoms with Gasteiger partial charge in [-0.15, -0.1) is 11.3 Å². The minimum Gasteiger partial charge on any atom is -0.508 e. The lowest BCUT2D eigenvalue weighted by molar-refractivity contribution is 0.0937. The number of phenolic OH excluding ortho intramolecular Hbond substituents is 1. The summed E-state index contributed by atoms with van der Waals surface area (Å²) in [6.07, 6.45) is -1.04. The molecule has 0 saturated carbocycles. The fraction of sp³-hybridized carbons (Fsp3) is 0.391. The lowest BCUT2D eigenvalue weighted by Crippen LogP contribution is -2.45. The number of hydrogen-bond donors (Lipinski definition) is 2. The van der Waals surface area contributed by atoms with Crippen LogP contribution in [0.15, 0.2) is 40.5 Å². The first kappa shape index (κ1) is 21.9. The molecule has 7 heteroatoms. The van der Waals surface area contributed by atoms with Crippen molar-refractivity contribution < 1.29 is 15.0 Å². The minimum absolute atomic E-state index is 0.0678. The van der Waals surface area contributed by atoms with Crippen molar-refractivity contribution in [2.24, 2.45) is 5.92 Å². The maximum absolute atomic E-state index is 13.4. The molecule has 0 aliphatic rings. The predicted octanol–water partition coefficient (Wildman–Crippen LogP) is 5.37. The number of fused-ring (bicyclic) bond motifs is 1. The molecule has 0 aliphatic carbocycles. The Bertz CT molecular complexity index is 1120. The summed E-state index contributed by atoms with van der Waals surface area (Å²) in [6.45, 7) is 10.1. The Morgan fingerprint density at radius 2 is 1.90 bits per heavy atom. The summed E-state index contributed by atoms with van der Waals surface area (Å²) in [5, 5.41) is 23.1. The highest BCUT2D eigenvalue weighted by molar-refractivity contribution is 7.13. The second-order valence-corrected chi connectivity index (χ2v) is 9.83. The van der Waals surface area contributed by atoms with Crippen molar-refractivity contribution >= 4 is 28.2 Å². The molecule has 0 spiro atoms. The monoisotopic (exact) mass is 428 g/mol. The number of hydrogen-bond acceptors (Lipinski definition) is 4. The van der Waals surface area contributed by atoms with Crippen LogP contribution in [0.4, 0.5) is 4.79 Å². The van der Waals surface area contributed by atoms with E-state index in [1.54, 1.807) is 16.7 Å². The Morgan fingerprint density at radius 3 is 2.43 bits per heavy atom. The number of rotatable bonds is 5. The van der Waals surface area contributed by atoms with E-state index >= 15 is 0 Å². The Morgan fingerprint density at radius 1 is 1.20 bits per heavy atom. The smallest absolute Gasteiger partial charge is 0.408 e. The van der Waals surface area contributed by atoms with Gasteiger partial charge in [-0.05, 0) is 56.3 Å². The summed E-state index contributed by atoms with van der Waals surface area (Å²) in [5.74, 6) is 0.262. The zero-order valence-corrected chi connectivity index (χ0v) is 18.8. The molecule has 2 aromatic heterocycles. The summed E-state index contributed by atoms with van der Waals surface area (Å²) in [7, 11) is 0. The number of thiophene rings is 1. The number of aromatic hydroxyl groups is 1. The third-order valence-corrected chi connectivity index (χ3v) is 5.91. The van der Waals surface area contributed by atoms with E-state index in [2.05, 4.69) is 0 Å². The van der Waals surface area contributed by atoms with Crippen molar-refractivity contribution in [1.29, 1.82) is 0 Å². The van der Waals surface area contributed by atoms with Crippen LogP contribution in [-0.4, -0.2) is 31.3 Å². The predicted molar refractivity (Wildman–Crippen MR) is 121 cm³/mol. The van der Waals surface area contributed by atoms with Crippen LogP contribution in [0.3, 0.4) is 0 Å². The second-order valence-electron chi connectivity index (χ2n) is 8.88. The molecule has 3 rings (SSSR count). The molecular weight excluding hydrogens is 400 g/mol. The normalized spacial score (nSPS) is 11.9. The lowest BCUT2D eigenvalue weighted by atomic mass is 9.99. The molecule has 3 aromatic rings. The summed E-state index contributed by atoms with van der Waals surface area (Å²) in [4.78, 5) is 27.8. The fourth-order valence-electron chi connectivity index (χ4n) is 3.64. The highest BCUT2D eigenvalue weighted by Crippen LogP contribution is 2.36. The van der Waals surface area contributed by atoms with Crippen LogP contribution in [0.25, 0.3) is 21.2 Å². The van der Waals surface area contributed by atoms with Gasteiger partial charge in [0.2, 0.25) is 0 Å². The number of nitrogens with zero attached hydrogens (tertiary/aromatic N) is 2. The van der Waals surface area contributed by atoms with Crippen LogP contribution in [-0.2, 0) is 13.1 Å². The third-order valence-electron chi connectivity index (χ3n) is 5.03. The van der Waals surface area contributed by atoms with Crippen LogP contribution in [0.1, 0.15) is 40.3 Å². The quantitative estimate of drug-likeness (QED) is 0.572. The van der Waals surface area contributed by atoms with Crippen LogP contribution in [0, 0.1) is 5.92 Å². The van der Waals surface area contributed by atoms with E-state index < -0.39 is 11.6 Å². The number of amides is 1. The van der Waals surface area contributed by atoms with E-state index in [9.17, 15) is 19.8 Å². The average molecular weight is 429 g/mol. The number of aromatic nitrogens is 1. The molecule has 6 nitrogen and oxygen atoms in total. The fourth-order valence-corrected chi connectivity index (χ4v) is 4.45. The maximum atomic E-state index is 13.4. The van der Waals surface area contributed by atoms with Crippen molar-refractivity contribution in [2.75, 3.05) is 0 Å².